The Bertz CT molecular complexity index is 1270. The zero-order valence-electron chi connectivity index (χ0n) is 18.5. The molecule has 5 nitrogen and oxygen atoms in total. The molecule has 6 heteroatoms. The molecule has 4 aromatic carbocycles. The van der Waals surface area contributed by atoms with Gasteiger partial charge in [0.1, 0.15) is 0 Å². The Kier molecular flexibility index (Phi) is 7.15. The Morgan fingerprint density at radius 2 is 1.70 bits per heavy atom. The second-order valence-corrected chi connectivity index (χ2v) is 8.53. The van der Waals surface area contributed by atoms with Gasteiger partial charge in [0.15, 0.2) is 18.1 Å². The summed E-state index contributed by atoms with van der Waals surface area (Å²) in [5.74, 6) is 0.826. The third kappa shape index (κ3) is 5.65. The van der Waals surface area contributed by atoms with Crippen LogP contribution in [0.2, 0.25) is 0 Å². The van der Waals surface area contributed by atoms with Gasteiger partial charge in [-0.3, -0.25) is 4.79 Å². The monoisotopic (exact) mass is 504 g/mol. The maximum absolute atomic E-state index is 12.3. The van der Waals surface area contributed by atoms with Crippen LogP contribution in [0, 0.1) is 6.92 Å². The lowest BCUT2D eigenvalue weighted by Gasteiger charge is -2.15. The fourth-order valence-corrected chi connectivity index (χ4v) is 3.99. The molecule has 0 atom stereocenters. The number of anilines is 2. The van der Waals surface area contributed by atoms with Gasteiger partial charge in [0, 0.05) is 27.8 Å². The summed E-state index contributed by atoms with van der Waals surface area (Å²) in [4.78, 5) is 12.3. The number of amides is 1. The van der Waals surface area contributed by atoms with E-state index in [4.69, 9.17) is 9.47 Å². The van der Waals surface area contributed by atoms with Crippen LogP contribution in [0.3, 0.4) is 0 Å². The summed E-state index contributed by atoms with van der Waals surface area (Å²) < 4.78 is 12.1. The Balaban J connectivity index is 1.43. The summed E-state index contributed by atoms with van der Waals surface area (Å²) >= 11 is 3.63. The van der Waals surface area contributed by atoms with E-state index in [1.165, 1.54) is 10.8 Å². The molecule has 0 spiro atoms. The normalized spacial score (nSPS) is 10.6. The molecular weight excluding hydrogens is 480 g/mol. The van der Waals surface area contributed by atoms with Gasteiger partial charge in [-0.05, 0) is 48.2 Å². The van der Waals surface area contributed by atoms with Gasteiger partial charge < -0.3 is 20.1 Å². The molecule has 0 aliphatic carbocycles. The van der Waals surface area contributed by atoms with Crippen molar-refractivity contribution in [1.29, 1.82) is 0 Å². The van der Waals surface area contributed by atoms with E-state index in [1.807, 2.05) is 61.5 Å². The van der Waals surface area contributed by atoms with E-state index in [1.54, 1.807) is 7.11 Å². The number of fused-ring (bicyclic) bond motifs is 1. The lowest BCUT2D eigenvalue weighted by atomic mass is 10.1. The quantitative estimate of drug-likeness (QED) is 0.285. The predicted octanol–water partition coefficient (Wildman–Crippen LogP) is 6.55. The van der Waals surface area contributed by atoms with Gasteiger partial charge >= 0.3 is 0 Å². The summed E-state index contributed by atoms with van der Waals surface area (Å²) in [6.07, 6.45) is 0. The average Bonchev–Trinajstić information content (AvgIpc) is 2.83. The molecule has 2 N–H and O–H groups in total. The lowest BCUT2D eigenvalue weighted by Crippen LogP contribution is -2.20. The molecule has 0 radical (unpaired) electrons. The van der Waals surface area contributed by atoms with Gasteiger partial charge in [0.25, 0.3) is 5.91 Å². The molecule has 0 fully saturated rings. The van der Waals surface area contributed by atoms with Crippen LogP contribution in [0.15, 0.2) is 83.3 Å². The molecular formula is C27H25BrN2O3. The lowest BCUT2D eigenvalue weighted by molar-refractivity contribution is -0.118. The molecule has 4 rings (SSSR count). The Hall–Kier alpha value is -3.51. The number of benzene rings is 4. The Morgan fingerprint density at radius 3 is 2.48 bits per heavy atom. The van der Waals surface area contributed by atoms with Crippen LogP contribution in [0.25, 0.3) is 10.8 Å². The van der Waals surface area contributed by atoms with Crippen LogP contribution in [0.4, 0.5) is 11.4 Å². The minimum absolute atomic E-state index is 0.121. The minimum atomic E-state index is -0.237. The van der Waals surface area contributed by atoms with Crippen LogP contribution in [-0.4, -0.2) is 19.6 Å². The minimum Gasteiger partial charge on any atom is -0.493 e. The van der Waals surface area contributed by atoms with E-state index >= 15 is 0 Å². The number of rotatable bonds is 8. The molecule has 0 aliphatic rings. The van der Waals surface area contributed by atoms with Crippen molar-refractivity contribution in [3.05, 3.63) is 94.5 Å². The van der Waals surface area contributed by atoms with Crippen LogP contribution in [0.5, 0.6) is 11.5 Å². The highest BCUT2D eigenvalue weighted by Crippen LogP contribution is 2.34. The van der Waals surface area contributed by atoms with Gasteiger partial charge in [-0.1, -0.05) is 70.0 Å². The number of carbonyl (C=O) groups is 1. The van der Waals surface area contributed by atoms with Crippen LogP contribution >= 0.6 is 15.9 Å². The molecule has 33 heavy (non-hydrogen) atoms. The molecule has 1 amide bonds. The van der Waals surface area contributed by atoms with E-state index in [0.717, 1.165) is 27.0 Å². The summed E-state index contributed by atoms with van der Waals surface area (Å²) in [5, 5.41) is 8.69. The van der Waals surface area contributed by atoms with Crippen LogP contribution in [-0.2, 0) is 11.3 Å². The van der Waals surface area contributed by atoms with Crippen molar-refractivity contribution in [1.82, 2.24) is 0 Å². The van der Waals surface area contributed by atoms with E-state index in [9.17, 15) is 4.79 Å². The van der Waals surface area contributed by atoms with E-state index in [2.05, 4.69) is 50.8 Å². The molecule has 0 saturated heterocycles. The molecule has 0 bridgehead atoms. The second-order valence-electron chi connectivity index (χ2n) is 7.68. The first kappa shape index (κ1) is 22.7. The number of ether oxygens (including phenoxy) is 2. The van der Waals surface area contributed by atoms with Crippen molar-refractivity contribution < 1.29 is 14.3 Å². The highest BCUT2D eigenvalue weighted by atomic mass is 79.9. The number of halogens is 1. The zero-order chi connectivity index (χ0) is 23.2. The smallest absolute Gasteiger partial charge is 0.262 e. The van der Waals surface area contributed by atoms with Crippen molar-refractivity contribution >= 4 is 44.0 Å². The number of nitrogens with one attached hydrogen (secondary N) is 2. The predicted molar refractivity (Wildman–Crippen MR) is 137 cm³/mol. The molecule has 0 unspecified atom stereocenters. The van der Waals surface area contributed by atoms with Gasteiger partial charge in [0.05, 0.1) is 7.11 Å². The summed E-state index contributed by atoms with van der Waals surface area (Å²) in [6.45, 7) is 2.48. The van der Waals surface area contributed by atoms with E-state index in [0.29, 0.717) is 18.0 Å². The second kappa shape index (κ2) is 10.4. The fourth-order valence-electron chi connectivity index (χ4n) is 3.53. The molecule has 0 aliphatic heterocycles. The molecule has 4 aromatic rings. The van der Waals surface area contributed by atoms with Gasteiger partial charge in [0.2, 0.25) is 0 Å². The number of methoxy groups -OCH3 is 1. The number of hydrogen-bond acceptors (Lipinski definition) is 4. The maximum Gasteiger partial charge on any atom is 0.262 e. The Labute approximate surface area is 201 Å². The topological polar surface area (TPSA) is 59.6 Å². The highest BCUT2D eigenvalue weighted by Gasteiger charge is 2.13. The summed E-state index contributed by atoms with van der Waals surface area (Å²) in [7, 11) is 1.59. The Morgan fingerprint density at radius 1 is 0.939 bits per heavy atom. The van der Waals surface area contributed by atoms with E-state index < -0.39 is 0 Å². The molecule has 0 saturated carbocycles. The van der Waals surface area contributed by atoms with Crippen molar-refractivity contribution in [2.24, 2.45) is 0 Å². The number of hydrogen-bond donors (Lipinski definition) is 2. The molecule has 0 aromatic heterocycles. The first-order chi connectivity index (χ1) is 16.0. The number of carbonyl (C=O) groups excluding carboxylic acids is 1. The van der Waals surface area contributed by atoms with E-state index in [-0.39, 0.29) is 12.5 Å². The van der Waals surface area contributed by atoms with Gasteiger partial charge in [-0.15, -0.1) is 0 Å². The third-order valence-electron chi connectivity index (χ3n) is 5.29. The van der Waals surface area contributed by atoms with Crippen molar-refractivity contribution in [2.75, 3.05) is 24.4 Å². The highest BCUT2D eigenvalue weighted by molar-refractivity contribution is 9.10. The maximum atomic E-state index is 12.3. The van der Waals surface area contributed by atoms with Crippen LogP contribution < -0.4 is 20.1 Å². The standard InChI is InChI=1S/C27H25BrN2O3/c1-18-10-12-21(13-11-18)30-27(31)17-33-26-15-23(28)20(14-25(26)32-2)16-29-24-9-5-7-19-6-3-4-8-22(19)24/h3-15,29H,16-17H2,1-2H3,(H,30,31). The zero-order valence-corrected chi connectivity index (χ0v) is 20.1. The average molecular weight is 505 g/mol. The SMILES string of the molecule is COc1cc(CNc2cccc3ccccc23)c(Br)cc1OCC(=O)Nc1ccc(C)cc1. The van der Waals surface area contributed by atoms with Crippen molar-refractivity contribution in [3.63, 3.8) is 0 Å². The van der Waals surface area contributed by atoms with Crippen LogP contribution in [0.1, 0.15) is 11.1 Å². The first-order valence-corrected chi connectivity index (χ1v) is 11.4. The van der Waals surface area contributed by atoms with Gasteiger partial charge in [-0.25, -0.2) is 0 Å². The molecule has 0 heterocycles. The van der Waals surface area contributed by atoms with Crippen molar-refractivity contribution in [2.45, 2.75) is 13.5 Å². The summed E-state index contributed by atoms with van der Waals surface area (Å²) in [6, 6.07) is 25.8. The fraction of sp³-hybridized carbons (Fsp3) is 0.148. The number of aryl methyl sites for hydroxylation is 1. The molecule has 168 valence electrons. The van der Waals surface area contributed by atoms with Gasteiger partial charge in [-0.2, -0.15) is 0 Å². The third-order valence-corrected chi connectivity index (χ3v) is 6.02. The summed E-state index contributed by atoms with van der Waals surface area (Å²) in [5.41, 5.74) is 3.94. The van der Waals surface area contributed by atoms with Crippen molar-refractivity contribution in [3.8, 4) is 11.5 Å². The first-order valence-electron chi connectivity index (χ1n) is 10.6. The largest absolute Gasteiger partial charge is 0.493 e.